The maximum atomic E-state index is 3.08. The SMILES string of the molecule is CC1(C)c2cc(C=Cc3ccc4c(c3)C(C)(C)C3CC([N+](=C5CCCCC5)C5CCCCC5)CCC43)ccc2-c2ccc(N(c3ccccc3)c3ccccc3)cc21. The Labute approximate surface area is 348 Å². The van der Waals surface area contributed by atoms with Crippen LogP contribution in [0.15, 0.2) is 115 Å². The first kappa shape index (κ1) is 37.6. The van der Waals surface area contributed by atoms with Gasteiger partial charge in [-0.15, -0.1) is 0 Å². The van der Waals surface area contributed by atoms with E-state index < -0.39 is 0 Å². The molecule has 3 atom stereocenters. The minimum absolute atomic E-state index is 0.114. The van der Waals surface area contributed by atoms with Gasteiger partial charge in [0.2, 0.25) is 0 Å². The van der Waals surface area contributed by atoms with Crippen molar-refractivity contribution in [1.29, 1.82) is 0 Å². The summed E-state index contributed by atoms with van der Waals surface area (Å²) in [5, 5.41) is 0. The van der Waals surface area contributed by atoms with Gasteiger partial charge in [-0.25, -0.2) is 4.58 Å². The number of anilines is 3. The van der Waals surface area contributed by atoms with Crippen LogP contribution in [0.1, 0.15) is 150 Å². The number of nitrogens with zero attached hydrogens (tertiary/aromatic N) is 2. The van der Waals surface area contributed by atoms with Gasteiger partial charge in [-0.1, -0.05) is 132 Å². The first-order chi connectivity index (χ1) is 28.3. The largest absolute Gasteiger partial charge is 0.310 e. The van der Waals surface area contributed by atoms with Crippen molar-refractivity contribution in [3.63, 3.8) is 0 Å². The van der Waals surface area contributed by atoms with E-state index in [2.05, 4.69) is 165 Å². The molecule has 3 unspecified atom stereocenters. The zero-order valence-corrected chi connectivity index (χ0v) is 35.5. The van der Waals surface area contributed by atoms with Crippen LogP contribution in [0.25, 0.3) is 23.3 Å². The molecule has 58 heavy (non-hydrogen) atoms. The van der Waals surface area contributed by atoms with E-state index in [1.54, 1.807) is 11.1 Å². The molecule has 0 saturated heterocycles. The second kappa shape index (κ2) is 15.2. The molecule has 0 bridgehead atoms. The van der Waals surface area contributed by atoms with Crippen LogP contribution >= 0.6 is 0 Å². The van der Waals surface area contributed by atoms with Gasteiger partial charge in [0, 0.05) is 61.0 Å². The van der Waals surface area contributed by atoms with E-state index in [4.69, 9.17) is 0 Å². The lowest BCUT2D eigenvalue weighted by molar-refractivity contribution is -0.611. The predicted octanol–water partition coefficient (Wildman–Crippen LogP) is 14.9. The highest BCUT2D eigenvalue weighted by Crippen LogP contribution is 2.57. The van der Waals surface area contributed by atoms with Gasteiger partial charge >= 0.3 is 0 Å². The van der Waals surface area contributed by atoms with Crippen molar-refractivity contribution >= 4 is 34.9 Å². The van der Waals surface area contributed by atoms with Gasteiger partial charge in [0.25, 0.3) is 0 Å². The summed E-state index contributed by atoms with van der Waals surface area (Å²) in [5.41, 5.74) is 16.8. The highest BCUT2D eigenvalue weighted by Gasteiger charge is 2.51. The third-order valence-electron chi connectivity index (χ3n) is 15.5. The Morgan fingerprint density at radius 3 is 1.79 bits per heavy atom. The van der Waals surface area contributed by atoms with Crippen molar-refractivity contribution in [3.05, 3.63) is 149 Å². The van der Waals surface area contributed by atoms with Crippen LogP contribution in [-0.4, -0.2) is 22.4 Å². The zero-order chi connectivity index (χ0) is 39.4. The maximum absolute atomic E-state index is 3.08. The van der Waals surface area contributed by atoms with Gasteiger partial charge < -0.3 is 4.90 Å². The van der Waals surface area contributed by atoms with E-state index in [1.165, 1.54) is 134 Å². The second-order valence-corrected chi connectivity index (χ2v) is 19.6. The first-order valence-corrected chi connectivity index (χ1v) is 22.9. The Hall–Kier alpha value is -4.69. The molecule has 10 rings (SSSR count). The lowest BCUT2D eigenvalue weighted by Crippen LogP contribution is -2.46. The van der Waals surface area contributed by atoms with Crippen LogP contribution in [0.4, 0.5) is 17.1 Å². The number of fused-ring (bicyclic) bond motifs is 6. The van der Waals surface area contributed by atoms with Crippen LogP contribution in [0.5, 0.6) is 0 Å². The Bertz CT molecular complexity index is 2310. The smallest absolute Gasteiger partial charge is 0.153 e. The van der Waals surface area contributed by atoms with Crippen molar-refractivity contribution in [1.82, 2.24) is 0 Å². The monoisotopic (exact) mass is 763 g/mol. The molecule has 5 aliphatic rings. The lowest BCUT2D eigenvalue weighted by Gasteiger charge is -2.39. The van der Waals surface area contributed by atoms with Crippen LogP contribution in [0.3, 0.4) is 0 Å². The van der Waals surface area contributed by atoms with Crippen molar-refractivity contribution in [3.8, 4) is 11.1 Å². The zero-order valence-electron chi connectivity index (χ0n) is 35.5. The number of hydrogen-bond acceptors (Lipinski definition) is 1. The highest BCUT2D eigenvalue weighted by atomic mass is 15.1. The third-order valence-corrected chi connectivity index (χ3v) is 15.5. The molecule has 296 valence electrons. The fraction of sp³-hybridized carbons (Fsp3) is 0.411. The van der Waals surface area contributed by atoms with E-state index in [-0.39, 0.29) is 10.8 Å². The van der Waals surface area contributed by atoms with Gasteiger partial charge in [-0.3, -0.25) is 0 Å². The summed E-state index contributed by atoms with van der Waals surface area (Å²) >= 11 is 0. The van der Waals surface area contributed by atoms with E-state index >= 15 is 0 Å². The summed E-state index contributed by atoms with van der Waals surface area (Å²) in [6.07, 6.45) is 22.9. The topological polar surface area (TPSA) is 6.25 Å². The van der Waals surface area contributed by atoms with Crippen LogP contribution < -0.4 is 4.90 Å². The molecule has 0 spiro atoms. The molecule has 3 fully saturated rings. The maximum Gasteiger partial charge on any atom is 0.153 e. The fourth-order valence-corrected chi connectivity index (χ4v) is 12.5. The van der Waals surface area contributed by atoms with Crippen molar-refractivity contribution in [2.45, 2.75) is 140 Å². The summed E-state index contributed by atoms with van der Waals surface area (Å²) in [5.74, 6) is 1.43. The quantitative estimate of drug-likeness (QED) is 0.118. The molecule has 5 aromatic carbocycles. The molecule has 5 aromatic rings. The molecule has 2 heteroatoms. The minimum atomic E-state index is -0.114. The number of para-hydroxylation sites is 2. The lowest BCUT2D eigenvalue weighted by atomic mass is 9.68. The molecular formula is C56H63N2+. The fourth-order valence-electron chi connectivity index (χ4n) is 12.5. The third kappa shape index (κ3) is 6.60. The summed E-state index contributed by atoms with van der Waals surface area (Å²) in [6, 6.07) is 44.7. The summed E-state index contributed by atoms with van der Waals surface area (Å²) in [4.78, 5) is 2.38. The molecule has 0 N–H and O–H groups in total. The second-order valence-electron chi connectivity index (χ2n) is 19.6. The van der Waals surface area contributed by atoms with Gasteiger partial charge in [0.05, 0.1) is 0 Å². The standard InChI is InChI=1S/C56H63N2/c1-55(2)51-35-39(27-31-47(51)49-33-29-45(37-53(49)55)57(41-17-9-5-10-18-41)42-19-11-6-12-20-42)25-26-40-28-32-48-50-34-30-46(38-54(50)56(3,4)52(48)36-40)58(43-21-13-7-14-22-43)44-23-15-8-16-24-44/h5-6,9-12,17-20,25-29,31-33,35-37,43,46,50,54H,7-8,13-16,21-24,30,34,38H2,1-4H3/q+1. The average molecular weight is 764 g/mol. The van der Waals surface area contributed by atoms with Crippen molar-refractivity contribution < 1.29 is 4.58 Å². The van der Waals surface area contributed by atoms with Crippen LogP contribution in [0.2, 0.25) is 0 Å². The number of hydrogen-bond donors (Lipinski definition) is 0. The van der Waals surface area contributed by atoms with Gasteiger partial charge in [-0.05, 0) is 130 Å². The highest BCUT2D eigenvalue weighted by molar-refractivity contribution is 5.87. The molecule has 3 saturated carbocycles. The number of rotatable bonds is 7. The molecule has 5 aliphatic carbocycles. The van der Waals surface area contributed by atoms with E-state index in [9.17, 15) is 0 Å². The Balaban J connectivity index is 0.901. The van der Waals surface area contributed by atoms with E-state index in [0.29, 0.717) is 5.92 Å². The minimum Gasteiger partial charge on any atom is -0.310 e. The van der Waals surface area contributed by atoms with Gasteiger partial charge in [0.1, 0.15) is 0 Å². The average Bonchev–Trinajstić information content (AvgIpc) is 3.63. The molecule has 2 nitrogen and oxygen atoms in total. The summed E-state index contributed by atoms with van der Waals surface area (Å²) in [7, 11) is 0. The van der Waals surface area contributed by atoms with Gasteiger partial charge in [0.15, 0.2) is 17.8 Å². The molecular weight excluding hydrogens is 701 g/mol. The van der Waals surface area contributed by atoms with Gasteiger partial charge in [-0.2, -0.15) is 0 Å². The van der Waals surface area contributed by atoms with E-state index in [1.807, 2.05) is 5.71 Å². The normalized spacial score (nSPS) is 23.2. The molecule has 0 amide bonds. The predicted molar refractivity (Wildman–Crippen MR) is 246 cm³/mol. The molecule has 0 heterocycles. The van der Waals surface area contributed by atoms with Crippen molar-refractivity contribution in [2.75, 3.05) is 4.90 Å². The van der Waals surface area contributed by atoms with E-state index in [0.717, 1.165) is 18.0 Å². The van der Waals surface area contributed by atoms with Crippen LogP contribution in [0, 0.1) is 5.92 Å². The molecule has 0 aromatic heterocycles. The first-order valence-electron chi connectivity index (χ1n) is 22.9. The Morgan fingerprint density at radius 2 is 1.12 bits per heavy atom. The Kier molecular flexibility index (Phi) is 9.82. The number of benzene rings is 5. The van der Waals surface area contributed by atoms with Crippen LogP contribution in [-0.2, 0) is 10.8 Å². The molecule has 0 radical (unpaired) electrons. The molecule has 0 aliphatic heterocycles. The summed E-state index contributed by atoms with van der Waals surface area (Å²) in [6.45, 7) is 9.96. The summed E-state index contributed by atoms with van der Waals surface area (Å²) < 4.78 is 3.08. The Morgan fingerprint density at radius 1 is 0.534 bits per heavy atom. The van der Waals surface area contributed by atoms with Crippen molar-refractivity contribution in [2.24, 2.45) is 5.92 Å².